The van der Waals surface area contributed by atoms with E-state index in [-0.39, 0.29) is 29.6 Å². The number of rotatable bonds is 9. The van der Waals surface area contributed by atoms with Crippen molar-refractivity contribution in [3.05, 3.63) is 54.0 Å². The highest BCUT2D eigenvalue weighted by molar-refractivity contribution is 5.93. The number of benzene rings is 1. The van der Waals surface area contributed by atoms with Gasteiger partial charge in [-0.2, -0.15) is 4.98 Å². The predicted molar refractivity (Wildman–Crippen MR) is 152 cm³/mol. The lowest BCUT2D eigenvalue weighted by atomic mass is 9.80. The summed E-state index contributed by atoms with van der Waals surface area (Å²) >= 11 is 0. The average Bonchev–Trinajstić information content (AvgIpc) is 3.56. The Morgan fingerprint density at radius 1 is 1.20 bits per heavy atom. The Labute approximate surface area is 234 Å². The van der Waals surface area contributed by atoms with E-state index in [9.17, 15) is 14.0 Å². The smallest absolute Gasteiger partial charge is 0.246 e. The minimum atomic E-state index is -0.408. The summed E-state index contributed by atoms with van der Waals surface area (Å²) in [5.41, 5.74) is 1.29. The molecule has 1 aromatic carbocycles. The molecule has 0 bridgehead atoms. The molecule has 3 N–H and O–H groups in total. The van der Waals surface area contributed by atoms with Crippen LogP contribution in [0, 0.1) is 23.6 Å². The third-order valence-electron chi connectivity index (χ3n) is 7.25. The van der Waals surface area contributed by atoms with E-state index in [1.807, 2.05) is 25.1 Å². The second kappa shape index (κ2) is 12.5. The van der Waals surface area contributed by atoms with E-state index in [2.05, 4.69) is 37.8 Å². The molecule has 1 aliphatic heterocycles. The van der Waals surface area contributed by atoms with Crippen molar-refractivity contribution in [2.75, 3.05) is 37.8 Å². The summed E-state index contributed by atoms with van der Waals surface area (Å²) in [6, 6.07) is 6.20. The molecular formula is C30H36FN7O2. The first-order valence-corrected chi connectivity index (χ1v) is 13.9. The Morgan fingerprint density at radius 3 is 2.77 bits per heavy atom. The third-order valence-corrected chi connectivity index (χ3v) is 7.25. The van der Waals surface area contributed by atoms with Gasteiger partial charge in [-0.05, 0) is 70.8 Å². The quantitative estimate of drug-likeness (QED) is 0.328. The zero-order valence-corrected chi connectivity index (χ0v) is 23.0. The molecule has 2 heterocycles. The van der Waals surface area contributed by atoms with Gasteiger partial charge >= 0.3 is 0 Å². The number of carbonyl (C=O) groups is 2. The van der Waals surface area contributed by atoms with Crippen molar-refractivity contribution in [3.63, 3.8) is 0 Å². The molecule has 9 nitrogen and oxygen atoms in total. The minimum Gasteiger partial charge on any atom is -0.366 e. The molecule has 1 aromatic heterocycles. The van der Waals surface area contributed by atoms with Crippen molar-refractivity contribution >= 4 is 29.3 Å². The second-order valence-electron chi connectivity index (χ2n) is 11.0. The first-order valence-electron chi connectivity index (χ1n) is 13.9. The van der Waals surface area contributed by atoms with Crippen molar-refractivity contribution < 1.29 is 14.0 Å². The minimum absolute atomic E-state index is 0.0618. The lowest BCUT2D eigenvalue weighted by Crippen LogP contribution is -2.51. The number of hydrogen-bond donors (Lipinski definition) is 3. The van der Waals surface area contributed by atoms with E-state index in [0.717, 1.165) is 32.1 Å². The van der Waals surface area contributed by atoms with Gasteiger partial charge in [0.25, 0.3) is 0 Å². The number of likely N-dealkylation sites (N-methyl/N-ethyl adjacent to an activating group) is 1. The van der Waals surface area contributed by atoms with Crippen LogP contribution in [-0.4, -0.2) is 76.9 Å². The van der Waals surface area contributed by atoms with Gasteiger partial charge in [-0.3, -0.25) is 9.59 Å². The van der Waals surface area contributed by atoms with Crippen LogP contribution in [0.15, 0.2) is 42.6 Å². The highest BCUT2D eigenvalue weighted by atomic mass is 19.1. The number of anilines is 3. The predicted octanol–water partition coefficient (Wildman–Crippen LogP) is 3.29. The molecule has 1 atom stereocenters. The molecule has 5 rings (SSSR count). The molecule has 3 fully saturated rings. The first-order chi connectivity index (χ1) is 19.3. The van der Waals surface area contributed by atoms with Crippen molar-refractivity contribution in [2.45, 2.75) is 56.7 Å². The molecule has 1 saturated heterocycles. The van der Waals surface area contributed by atoms with Crippen molar-refractivity contribution in [2.24, 2.45) is 5.92 Å². The number of nitrogens with one attached hydrogen (secondary N) is 3. The summed E-state index contributed by atoms with van der Waals surface area (Å²) in [5.74, 6) is 7.23. The molecular weight excluding hydrogens is 509 g/mol. The molecule has 2 saturated carbocycles. The summed E-state index contributed by atoms with van der Waals surface area (Å²) in [7, 11) is 3.89. The number of nitrogens with zero attached hydrogens (tertiary/aromatic N) is 4. The Bertz CT molecular complexity index is 1320. The number of amides is 2. The van der Waals surface area contributed by atoms with Crippen LogP contribution < -0.4 is 16.0 Å². The van der Waals surface area contributed by atoms with Crippen LogP contribution in [0.5, 0.6) is 0 Å². The van der Waals surface area contributed by atoms with Crippen LogP contribution in [0.25, 0.3) is 0 Å². The van der Waals surface area contributed by atoms with E-state index >= 15 is 0 Å². The van der Waals surface area contributed by atoms with Crippen LogP contribution in [0.4, 0.5) is 21.8 Å². The van der Waals surface area contributed by atoms with Gasteiger partial charge in [-0.15, -0.1) is 0 Å². The van der Waals surface area contributed by atoms with Crippen molar-refractivity contribution in [1.82, 2.24) is 25.1 Å². The third kappa shape index (κ3) is 7.36. The Hall–Kier alpha value is -3.97. The fourth-order valence-electron chi connectivity index (χ4n) is 4.85. The van der Waals surface area contributed by atoms with Crippen LogP contribution in [0.2, 0.25) is 0 Å². The molecule has 0 radical (unpaired) electrons. The number of likely N-dealkylation sites (tertiary alicyclic amines) is 1. The standard InChI is InChI=1S/C30H36FN7O2/c1-37(2)14-5-9-27(39)38-15-4-8-26(38)29(40)34-25-16-20(17-25)10-11-21-19-32-30(36-28(21)33-23-12-13-23)35-24-7-3-6-22(31)18-24/h3,5-7,9,18-20,23,25-26H,4,8,12-17H2,1-2H3,(H,34,40)(H2,32,33,35,36)/b9-5+/t20-,25+,26-/m0/s1. The number of aromatic nitrogens is 2. The average molecular weight is 546 g/mol. The van der Waals surface area contributed by atoms with Gasteiger partial charge in [0, 0.05) is 42.9 Å². The maximum Gasteiger partial charge on any atom is 0.246 e. The summed E-state index contributed by atoms with van der Waals surface area (Å²) < 4.78 is 13.5. The van der Waals surface area contributed by atoms with Crippen molar-refractivity contribution in [1.29, 1.82) is 0 Å². The summed E-state index contributed by atoms with van der Waals surface area (Å²) in [4.78, 5) is 38.2. The fraction of sp³-hybridized carbons (Fsp3) is 0.467. The van der Waals surface area contributed by atoms with Crippen LogP contribution in [0.1, 0.15) is 44.1 Å². The Balaban J connectivity index is 1.15. The molecule has 3 aliphatic rings. The van der Waals surface area contributed by atoms with Crippen LogP contribution in [-0.2, 0) is 9.59 Å². The zero-order chi connectivity index (χ0) is 28.1. The lowest BCUT2D eigenvalue weighted by molar-refractivity contribution is -0.135. The van der Waals surface area contributed by atoms with E-state index in [4.69, 9.17) is 0 Å². The van der Waals surface area contributed by atoms with E-state index in [0.29, 0.717) is 48.6 Å². The normalized spacial score (nSPS) is 22.0. The van der Waals surface area contributed by atoms with Gasteiger partial charge < -0.3 is 25.8 Å². The second-order valence-corrected chi connectivity index (χ2v) is 11.0. The number of halogens is 1. The van der Waals surface area contributed by atoms with Gasteiger partial charge in [0.2, 0.25) is 17.8 Å². The van der Waals surface area contributed by atoms with Gasteiger partial charge in [0.05, 0.1) is 11.8 Å². The van der Waals surface area contributed by atoms with Crippen molar-refractivity contribution in [3.8, 4) is 11.8 Å². The molecule has 0 spiro atoms. The SMILES string of the molecule is CN(C)C/C=C/C(=O)N1CCC[C@H]1C(=O)N[C@H]1C[C@@H](C#Cc2cnc(Nc3cccc(F)c3)nc2NC2CC2)C1. The summed E-state index contributed by atoms with van der Waals surface area (Å²) in [6.45, 7) is 1.29. The number of carbonyl (C=O) groups excluding carboxylic acids is 2. The topological polar surface area (TPSA) is 102 Å². The molecule has 2 amide bonds. The number of hydrogen-bond acceptors (Lipinski definition) is 7. The van der Waals surface area contributed by atoms with Gasteiger partial charge in [-0.25, -0.2) is 9.37 Å². The maximum absolute atomic E-state index is 13.5. The van der Waals surface area contributed by atoms with Crippen LogP contribution in [0.3, 0.4) is 0 Å². The molecule has 2 aromatic rings. The highest BCUT2D eigenvalue weighted by Crippen LogP contribution is 2.29. The highest BCUT2D eigenvalue weighted by Gasteiger charge is 2.36. The van der Waals surface area contributed by atoms with E-state index in [1.165, 1.54) is 12.1 Å². The zero-order valence-electron chi connectivity index (χ0n) is 23.0. The van der Waals surface area contributed by atoms with Crippen LogP contribution >= 0.6 is 0 Å². The maximum atomic E-state index is 13.5. The monoisotopic (exact) mass is 545 g/mol. The molecule has 2 aliphatic carbocycles. The summed E-state index contributed by atoms with van der Waals surface area (Å²) in [5, 5.41) is 9.58. The van der Waals surface area contributed by atoms with Gasteiger partial charge in [0.1, 0.15) is 17.7 Å². The van der Waals surface area contributed by atoms with Gasteiger partial charge in [0.15, 0.2) is 0 Å². The molecule has 40 heavy (non-hydrogen) atoms. The Morgan fingerprint density at radius 2 is 2.02 bits per heavy atom. The first kappa shape index (κ1) is 27.6. The molecule has 210 valence electrons. The molecule has 10 heteroatoms. The fourth-order valence-corrected chi connectivity index (χ4v) is 4.85. The van der Waals surface area contributed by atoms with E-state index < -0.39 is 6.04 Å². The largest absolute Gasteiger partial charge is 0.366 e. The lowest BCUT2D eigenvalue weighted by Gasteiger charge is -2.34. The molecule has 0 unspecified atom stereocenters. The Kier molecular flexibility index (Phi) is 8.60. The summed E-state index contributed by atoms with van der Waals surface area (Å²) in [6.07, 6.45) is 10.3. The van der Waals surface area contributed by atoms with Gasteiger partial charge in [-0.1, -0.05) is 24.0 Å². The van der Waals surface area contributed by atoms with E-state index in [1.54, 1.807) is 29.3 Å².